The number of aromatic nitrogens is 2. The van der Waals surface area contributed by atoms with Gasteiger partial charge in [-0.1, -0.05) is 23.7 Å². The number of aliphatic hydroxyl groups excluding tert-OH is 1. The Morgan fingerprint density at radius 1 is 1.25 bits per heavy atom. The molecule has 2 aromatic rings. The van der Waals surface area contributed by atoms with Crippen LogP contribution < -0.4 is 0 Å². The van der Waals surface area contributed by atoms with E-state index in [1.807, 2.05) is 16.8 Å². The standard InChI is InChI=1S/C19H26ClN3O/c1-14-19(15(2)23(21-14)10-11-24)13-22-9-3-4-17(12-22)16-5-7-18(20)8-6-16/h5-8,17,24H,3-4,9-13H2,1-2H3/t17-/m0/s1. The van der Waals surface area contributed by atoms with Crippen molar-refractivity contribution in [3.05, 3.63) is 51.8 Å². The molecule has 4 nitrogen and oxygen atoms in total. The van der Waals surface area contributed by atoms with E-state index in [1.165, 1.54) is 29.7 Å². The molecule has 0 bridgehead atoms. The second-order valence-electron chi connectivity index (χ2n) is 6.72. The molecule has 0 radical (unpaired) electrons. The van der Waals surface area contributed by atoms with Crippen LogP contribution in [-0.4, -0.2) is 39.5 Å². The molecule has 0 spiro atoms. The van der Waals surface area contributed by atoms with E-state index >= 15 is 0 Å². The second-order valence-corrected chi connectivity index (χ2v) is 7.16. The third kappa shape index (κ3) is 3.82. The number of halogens is 1. The zero-order valence-corrected chi connectivity index (χ0v) is 15.3. The van der Waals surface area contributed by atoms with Gasteiger partial charge in [0, 0.05) is 29.4 Å². The number of benzene rings is 1. The van der Waals surface area contributed by atoms with E-state index in [0.29, 0.717) is 12.5 Å². The first-order valence-electron chi connectivity index (χ1n) is 8.70. The fourth-order valence-electron chi connectivity index (χ4n) is 3.71. The maximum absolute atomic E-state index is 9.17. The van der Waals surface area contributed by atoms with Crippen LogP contribution in [0.2, 0.25) is 5.02 Å². The third-order valence-corrected chi connectivity index (χ3v) is 5.32. The zero-order chi connectivity index (χ0) is 17.1. The van der Waals surface area contributed by atoms with Crippen LogP contribution in [0.5, 0.6) is 0 Å². The summed E-state index contributed by atoms with van der Waals surface area (Å²) in [5, 5.41) is 14.5. The van der Waals surface area contributed by atoms with Crippen molar-refractivity contribution in [2.45, 2.75) is 45.7 Å². The summed E-state index contributed by atoms with van der Waals surface area (Å²) in [5.74, 6) is 0.573. The fraction of sp³-hybridized carbons (Fsp3) is 0.526. The number of rotatable bonds is 5. The minimum absolute atomic E-state index is 0.129. The minimum atomic E-state index is 0.129. The van der Waals surface area contributed by atoms with Gasteiger partial charge >= 0.3 is 0 Å². The largest absolute Gasteiger partial charge is 0.394 e. The van der Waals surface area contributed by atoms with Crippen LogP contribution in [-0.2, 0) is 13.1 Å². The monoisotopic (exact) mass is 347 g/mol. The van der Waals surface area contributed by atoms with Crippen LogP contribution in [0.25, 0.3) is 0 Å². The maximum atomic E-state index is 9.17. The van der Waals surface area contributed by atoms with Crippen molar-refractivity contribution in [2.24, 2.45) is 0 Å². The molecular weight excluding hydrogens is 322 g/mol. The van der Waals surface area contributed by atoms with Crippen molar-refractivity contribution >= 4 is 11.6 Å². The lowest BCUT2D eigenvalue weighted by atomic mass is 9.90. The Bertz CT molecular complexity index is 681. The molecule has 0 aliphatic carbocycles. The number of hydrogen-bond donors (Lipinski definition) is 1. The highest BCUT2D eigenvalue weighted by atomic mass is 35.5. The highest BCUT2D eigenvalue weighted by Crippen LogP contribution is 2.29. The number of aryl methyl sites for hydroxylation is 1. The Labute approximate surface area is 149 Å². The van der Waals surface area contributed by atoms with Crippen molar-refractivity contribution in [1.29, 1.82) is 0 Å². The fourth-order valence-corrected chi connectivity index (χ4v) is 3.83. The van der Waals surface area contributed by atoms with Gasteiger partial charge in [0.2, 0.25) is 0 Å². The summed E-state index contributed by atoms with van der Waals surface area (Å²) < 4.78 is 1.92. The number of likely N-dealkylation sites (tertiary alicyclic amines) is 1. The Kier molecular flexibility index (Phi) is 5.59. The number of aliphatic hydroxyl groups is 1. The molecular formula is C19H26ClN3O. The van der Waals surface area contributed by atoms with Crippen LogP contribution in [0.4, 0.5) is 0 Å². The number of hydrogen-bond acceptors (Lipinski definition) is 3. The average molecular weight is 348 g/mol. The van der Waals surface area contributed by atoms with Gasteiger partial charge in [-0.25, -0.2) is 0 Å². The van der Waals surface area contributed by atoms with Crippen LogP contribution in [0, 0.1) is 13.8 Å². The molecule has 0 unspecified atom stereocenters. The molecule has 1 aromatic heterocycles. The first kappa shape index (κ1) is 17.5. The number of nitrogens with zero attached hydrogens (tertiary/aromatic N) is 3. The Morgan fingerprint density at radius 2 is 2.00 bits per heavy atom. The molecule has 1 atom stereocenters. The van der Waals surface area contributed by atoms with E-state index in [0.717, 1.165) is 30.4 Å². The lowest BCUT2D eigenvalue weighted by Gasteiger charge is -2.33. The molecule has 1 aliphatic rings. The van der Waals surface area contributed by atoms with Crippen molar-refractivity contribution in [3.63, 3.8) is 0 Å². The van der Waals surface area contributed by atoms with Gasteiger partial charge < -0.3 is 5.11 Å². The third-order valence-electron chi connectivity index (χ3n) is 5.07. The Balaban J connectivity index is 1.70. The first-order chi connectivity index (χ1) is 11.6. The molecule has 1 fully saturated rings. The summed E-state index contributed by atoms with van der Waals surface area (Å²) in [4.78, 5) is 2.53. The summed E-state index contributed by atoms with van der Waals surface area (Å²) >= 11 is 6.01. The summed E-state index contributed by atoms with van der Waals surface area (Å²) in [7, 11) is 0. The minimum Gasteiger partial charge on any atom is -0.394 e. The van der Waals surface area contributed by atoms with E-state index in [9.17, 15) is 0 Å². The van der Waals surface area contributed by atoms with Crippen LogP contribution in [0.15, 0.2) is 24.3 Å². The van der Waals surface area contributed by atoms with Crippen molar-refractivity contribution < 1.29 is 5.11 Å². The summed E-state index contributed by atoms with van der Waals surface area (Å²) in [6.07, 6.45) is 2.45. The average Bonchev–Trinajstić information content (AvgIpc) is 2.84. The van der Waals surface area contributed by atoms with Gasteiger partial charge in [-0.3, -0.25) is 9.58 Å². The molecule has 1 saturated heterocycles. The van der Waals surface area contributed by atoms with Gasteiger partial charge in [-0.2, -0.15) is 5.10 Å². The summed E-state index contributed by atoms with van der Waals surface area (Å²) in [6.45, 7) is 8.01. The molecule has 5 heteroatoms. The summed E-state index contributed by atoms with van der Waals surface area (Å²) in [5.41, 5.74) is 4.94. The van der Waals surface area contributed by atoms with E-state index in [2.05, 4.69) is 36.0 Å². The quantitative estimate of drug-likeness (QED) is 0.899. The molecule has 2 heterocycles. The van der Waals surface area contributed by atoms with Crippen molar-refractivity contribution in [2.75, 3.05) is 19.7 Å². The highest BCUT2D eigenvalue weighted by molar-refractivity contribution is 6.30. The molecule has 130 valence electrons. The first-order valence-corrected chi connectivity index (χ1v) is 9.08. The lowest BCUT2D eigenvalue weighted by Crippen LogP contribution is -2.34. The molecule has 1 aromatic carbocycles. The Morgan fingerprint density at radius 3 is 2.71 bits per heavy atom. The van der Waals surface area contributed by atoms with Gasteiger partial charge in [0.1, 0.15) is 0 Å². The van der Waals surface area contributed by atoms with Crippen molar-refractivity contribution in [3.8, 4) is 0 Å². The zero-order valence-electron chi connectivity index (χ0n) is 14.5. The van der Waals surface area contributed by atoms with E-state index in [-0.39, 0.29) is 6.61 Å². The van der Waals surface area contributed by atoms with Gasteiger partial charge in [-0.05, 0) is 56.8 Å². The van der Waals surface area contributed by atoms with Gasteiger partial charge in [0.15, 0.2) is 0 Å². The highest BCUT2D eigenvalue weighted by Gasteiger charge is 2.23. The van der Waals surface area contributed by atoms with Crippen LogP contribution in [0.3, 0.4) is 0 Å². The van der Waals surface area contributed by atoms with E-state index in [4.69, 9.17) is 16.7 Å². The lowest BCUT2D eigenvalue weighted by molar-refractivity contribution is 0.199. The van der Waals surface area contributed by atoms with E-state index in [1.54, 1.807) is 0 Å². The van der Waals surface area contributed by atoms with E-state index < -0.39 is 0 Å². The second kappa shape index (κ2) is 7.68. The predicted molar refractivity (Wildman–Crippen MR) is 97.5 cm³/mol. The molecule has 1 aliphatic heterocycles. The molecule has 1 N–H and O–H groups in total. The predicted octanol–water partition coefficient (Wildman–Crippen LogP) is 3.53. The summed E-state index contributed by atoms with van der Waals surface area (Å²) in [6, 6.07) is 8.30. The maximum Gasteiger partial charge on any atom is 0.0644 e. The van der Waals surface area contributed by atoms with Gasteiger partial charge in [0.05, 0.1) is 18.8 Å². The molecule has 3 rings (SSSR count). The van der Waals surface area contributed by atoms with Gasteiger partial charge in [-0.15, -0.1) is 0 Å². The topological polar surface area (TPSA) is 41.3 Å². The molecule has 0 saturated carbocycles. The van der Waals surface area contributed by atoms with Gasteiger partial charge in [0.25, 0.3) is 0 Å². The molecule has 24 heavy (non-hydrogen) atoms. The Hall–Kier alpha value is -1.36. The number of piperidine rings is 1. The molecule has 0 amide bonds. The SMILES string of the molecule is Cc1nn(CCO)c(C)c1CN1CCC[C@H](c2ccc(Cl)cc2)C1. The van der Waals surface area contributed by atoms with Crippen LogP contribution >= 0.6 is 11.6 Å². The smallest absolute Gasteiger partial charge is 0.0644 e. The normalized spacial score (nSPS) is 18.9. The van der Waals surface area contributed by atoms with Crippen molar-refractivity contribution in [1.82, 2.24) is 14.7 Å². The van der Waals surface area contributed by atoms with Crippen LogP contribution in [0.1, 0.15) is 41.3 Å².